The lowest BCUT2D eigenvalue weighted by Crippen LogP contribution is -2.16. The van der Waals surface area contributed by atoms with E-state index in [-0.39, 0.29) is 5.91 Å². The topological polar surface area (TPSA) is 77.5 Å². The van der Waals surface area contributed by atoms with E-state index in [0.717, 1.165) is 33.0 Å². The van der Waals surface area contributed by atoms with E-state index in [0.29, 0.717) is 22.9 Å². The zero-order valence-corrected chi connectivity index (χ0v) is 18.5. The summed E-state index contributed by atoms with van der Waals surface area (Å²) in [5, 5.41) is 3.29. The maximum atomic E-state index is 12.8. The lowest BCUT2D eigenvalue weighted by molar-refractivity contribution is 0.0603. The van der Waals surface area contributed by atoms with Crippen LogP contribution in [-0.4, -0.2) is 30.6 Å². The average molecular weight is 425 g/mol. The molecule has 0 aliphatic heterocycles. The minimum absolute atomic E-state index is 0.303. The fraction of sp³-hybridized carbons (Fsp3) is 0.261. The number of pyridine rings is 1. The number of methoxy groups -OCH3 is 1. The van der Waals surface area contributed by atoms with Crippen molar-refractivity contribution in [3.8, 4) is 16.9 Å². The Labute approximate surface area is 179 Å². The predicted molar refractivity (Wildman–Crippen MR) is 119 cm³/mol. The van der Waals surface area contributed by atoms with Crippen molar-refractivity contribution in [3.63, 3.8) is 0 Å². The van der Waals surface area contributed by atoms with E-state index in [2.05, 4.69) is 10.3 Å². The van der Waals surface area contributed by atoms with Gasteiger partial charge in [0, 0.05) is 16.1 Å². The minimum Gasteiger partial charge on any atom is -0.494 e. The molecule has 0 unspecified atom stereocenters. The molecule has 1 amide bonds. The predicted octanol–water partition coefficient (Wildman–Crippen LogP) is 5.17. The number of ether oxygens (including phenoxy) is 2. The molecule has 30 heavy (non-hydrogen) atoms. The summed E-state index contributed by atoms with van der Waals surface area (Å²) >= 11 is 1.33. The molecule has 0 fully saturated rings. The Morgan fingerprint density at radius 2 is 1.80 bits per heavy atom. The van der Waals surface area contributed by atoms with E-state index >= 15 is 0 Å². The molecule has 0 spiro atoms. The first-order valence-electron chi connectivity index (χ1n) is 9.55. The van der Waals surface area contributed by atoms with Crippen molar-refractivity contribution in [3.05, 3.63) is 63.8 Å². The molecular formula is C23H24N2O4S. The molecule has 6 nitrogen and oxygen atoms in total. The van der Waals surface area contributed by atoms with Gasteiger partial charge < -0.3 is 14.8 Å². The van der Waals surface area contributed by atoms with Crippen molar-refractivity contribution >= 4 is 28.2 Å². The van der Waals surface area contributed by atoms with E-state index in [1.54, 1.807) is 6.07 Å². The fourth-order valence-electron chi connectivity index (χ4n) is 3.29. The quantitative estimate of drug-likeness (QED) is 0.552. The lowest BCUT2D eigenvalue weighted by atomic mass is 10.0. The second-order valence-corrected chi connectivity index (χ2v) is 8.04. The number of aryl methyl sites for hydroxylation is 3. The number of nitrogens with zero attached hydrogens (tertiary/aromatic N) is 1. The van der Waals surface area contributed by atoms with E-state index in [1.165, 1.54) is 18.4 Å². The van der Waals surface area contributed by atoms with Crippen LogP contribution in [0.5, 0.6) is 5.75 Å². The van der Waals surface area contributed by atoms with Crippen LogP contribution in [0.25, 0.3) is 11.1 Å². The van der Waals surface area contributed by atoms with Crippen molar-refractivity contribution in [2.45, 2.75) is 27.7 Å². The standard InChI is InChI=1S/C23H24N2O4S/c1-6-29-17-9-7-16(8-10-17)19-15(4)30-22(20(19)23(27)28-5)25-21(26)18-12-13(2)11-14(3)24-18/h7-12H,6H2,1-5H3,(H,25,26). The van der Waals surface area contributed by atoms with Gasteiger partial charge >= 0.3 is 5.97 Å². The molecule has 2 aromatic heterocycles. The summed E-state index contributed by atoms with van der Waals surface area (Å²) in [6.07, 6.45) is 0. The van der Waals surface area contributed by atoms with Gasteiger partial charge in [0.05, 0.1) is 13.7 Å². The number of nitrogens with one attached hydrogen (secondary N) is 1. The smallest absolute Gasteiger partial charge is 0.341 e. The Bertz CT molecular complexity index is 1070. The van der Waals surface area contributed by atoms with Crippen molar-refractivity contribution < 1.29 is 19.1 Å². The van der Waals surface area contributed by atoms with Gasteiger partial charge in [0.25, 0.3) is 5.91 Å². The number of rotatable bonds is 6. The number of anilines is 1. The Morgan fingerprint density at radius 3 is 2.40 bits per heavy atom. The van der Waals surface area contributed by atoms with E-state index in [4.69, 9.17) is 9.47 Å². The molecule has 0 atom stereocenters. The molecule has 7 heteroatoms. The lowest BCUT2D eigenvalue weighted by Gasteiger charge is -2.09. The molecule has 0 aliphatic rings. The Morgan fingerprint density at radius 1 is 1.10 bits per heavy atom. The molecule has 0 aliphatic carbocycles. The maximum Gasteiger partial charge on any atom is 0.341 e. The largest absolute Gasteiger partial charge is 0.494 e. The van der Waals surface area contributed by atoms with Crippen LogP contribution < -0.4 is 10.1 Å². The van der Waals surface area contributed by atoms with Gasteiger partial charge in [-0.3, -0.25) is 4.79 Å². The number of thiophene rings is 1. The number of carbonyl (C=O) groups is 2. The van der Waals surface area contributed by atoms with Crippen molar-refractivity contribution in [2.24, 2.45) is 0 Å². The zero-order chi connectivity index (χ0) is 21.8. The molecule has 3 rings (SSSR count). The number of benzene rings is 1. The summed E-state index contributed by atoms with van der Waals surface area (Å²) < 4.78 is 10.5. The molecule has 0 radical (unpaired) electrons. The second-order valence-electron chi connectivity index (χ2n) is 6.81. The van der Waals surface area contributed by atoms with Crippen LogP contribution in [-0.2, 0) is 4.74 Å². The van der Waals surface area contributed by atoms with Crippen molar-refractivity contribution in [1.82, 2.24) is 4.98 Å². The van der Waals surface area contributed by atoms with E-state index in [9.17, 15) is 9.59 Å². The molecule has 1 N–H and O–H groups in total. The van der Waals surface area contributed by atoms with Gasteiger partial charge in [0.15, 0.2) is 0 Å². The Hall–Kier alpha value is -3.19. The van der Waals surface area contributed by atoms with Gasteiger partial charge in [0.2, 0.25) is 0 Å². The monoisotopic (exact) mass is 424 g/mol. The number of hydrogen-bond acceptors (Lipinski definition) is 6. The molecule has 3 aromatic rings. The second kappa shape index (κ2) is 9.09. The maximum absolute atomic E-state index is 12.8. The van der Waals surface area contributed by atoms with Crippen molar-refractivity contribution in [1.29, 1.82) is 0 Å². The third kappa shape index (κ3) is 4.52. The van der Waals surface area contributed by atoms with Crippen LogP contribution >= 0.6 is 11.3 Å². The highest BCUT2D eigenvalue weighted by atomic mass is 32.1. The minimum atomic E-state index is -0.507. The normalized spacial score (nSPS) is 10.6. The van der Waals surface area contributed by atoms with Gasteiger partial charge in [-0.15, -0.1) is 11.3 Å². The first-order valence-corrected chi connectivity index (χ1v) is 10.4. The molecule has 1 aromatic carbocycles. The van der Waals surface area contributed by atoms with Gasteiger partial charge in [-0.05, 0) is 63.1 Å². The number of aromatic nitrogens is 1. The SMILES string of the molecule is CCOc1ccc(-c2c(C)sc(NC(=O)c3cc(C)cc(C)n3)c2C(=O)OC)cc1. The van der Waals surface area contributed by atoms with Gasteiger partial charge in [-0.25, -0.2) is 9.78 Å². The third-order valence-electron chi connectivity index (χ3n) is 4.49. The van der Waals surface area contributed by atoms with Gasteiger partial charge in [-0.1, -0.05) is 12.1 Å². The van der Waals surface area contributed by atoms with Crippen LogP contribution in [0.1, 0.15) is 43.9 Å². The van der Waals surface area contributed by atoms with Crippen LogP contribution in [0.4, 0.5) is 5.00 Å². The van der Waals surface area contributed by atoms with Gasteiger partial charge in [0.1, 0.15) is 22.0 Å². The van der Waals surface area contributed by atoms with Crippen LogP contribution in [0.2, 0.25) is 0 Å². The number of esters is 1. The summed E-state index contributed by atoms with van der Waals surface area (Å²) in [6, 6.07) is 11.1. The molecule has 156 valence electrons. The van der Waals surface area contributed by atoms with Gasteiger partial charge in [-0.2, -0.15) is 0 Å². The third-order valence-corrected chi connectivity index (χ3v) is 5.51. The first-order chi connectivity index (χ1) is 14.3. The first kappa shape index (κ1) is 21.5. The Kier molecular flexibility index (Phi) is 6.52. The summed E-state index contributed by atoms with van der Waals surface area (Å²) in [4.78, 5) is 30.6. The highest BCUT2D eigenvalue weighted by Gasteiger charge is 2.25. The average Bonchev–Trinajstić information content (AvgIpc) is 3.03. The Balaban J connectivity index is 2.02. The molecule has 0 saturated heterocycles. The molecular weight excluding hydrogens is 400 g/mol. The number of amides is 1. The van der Waals surface area contributed by atoms with Crippen molar-refractivity contribution in [2.75, 3.05) is 19.0 Å². The molecule has 0 bridgehead atoms. The van der Waals surface area contributed by atoms with Crippen LogP contribution in [0.3, 0.4) is 0 Å². The highest BCUT2D eigenvalue weighted by molar-refractivity contribution is 7.17. The number of hydrogen-bond donors (Lipinski definition) is 1. The molecule has 2 heterocycles. The van der Waals surface area contributed by atoms with Crippen LogP contribution in [0, 0.1) is 20.8 Å². The fourth-order valence-corrected chi connectivity index (χ4v) is 4.35. The van der Waals surface area contributed by atoms with E-state index in [1.807, 2.05) is 58.0 Å². The summed E-state index contributed by atoms with van der Waals surface area (Å²) in [5.74, 6) is -0.124. The number of carbonyl (C=O) groups excluding carboxylic acids is 2. The summed E-state index contributed by atoms with van der Waals surface area (Å²) in [6.45, 7) is 8.15. The summed E-state index contributed by atoms with van der Waals surface area (Å²) in [5.41, 5.74) is 3.92. The molecule has 0 saturated carbocycles. The van der Waals surface area contributed by atoms with E-state index < -0.39 is 5.97 Å². The highest BCUT2D eigenvalue weighted by Crippen LogP contribution is 2.41. The zero-order valence-electron chi connectivity index (χ0n) is 17.7. The van der Waals surface area contributed by atoms with Crippen LogP contribution in [0.15, 0.2) is 36.4 Å². The summed E-state index contributed by atoms with van der Waals surface area (Å²) in [7, 11) is 1.33.